The molecule has 0 spiro atoms. The summed E-state index contributed by atoms with van der Waals surface area (Å²) in [6.45, 7) is 2.12. The van der Waals surface area contributed by atoms with Gasteiger partial charge >= 0.3 is 0 Å². The zero-order valence-electron chi connectivity index (χ0n) is 12.3. The predicted molar refractivity (Wildman–Crippen MR) is 80.3 cm³/mol. The molecule has 2 heterocycles. The second kappa shape index (κ2) is 5.66. The van der Waals surface area contributed by atoms with Crippen molar-refractivity contribution in [1.82, 2.24) is 4.90 Å². The van der Waals surface area contributed by atoms with Crippen LogP contribution in [0, 0.1) is 0 Å². The first kappa shape index (κ1) is 14.4. The Morgan fingerprint density at radius 2 is 2.14 bits per heavy atom. The number of fused-ring (bicyclic) bond motifs is 1. The molecular weight excluding hydrogens is 268 g/mol. The molecule has 3 rings (SSSR count). The second-order valence-electron chi connectivity index (χ2n) is 6.05. The Bertz CT molecular complexity index is 526. The van der Waals surface area contributed by atoms with Gasteiger partial charge in [-0.15, -0.1) is 0 Å². The van der Waals surface area contributed by atoms with Crippen LogP contribution in [0.25, 0.3) is 0 Å². The summed E-state index contributed by atoms with van der Waals surface area (Å²) in [6, 6.07) is 7.91. The summed E-state index contributed by atoms with van der Waals surface area (Å²) in [5, 5.41) is 13.8. The van der Waals surface area contributed by atoms with Crippen molar-refractivity contribution in [2.45, 2.75) is 24.4 Å². The van der Waals surface area contributed by atoms with Crippen LogP contribution >= 0.6 is 0 Å². The fourth-order valence-corrected chi connectivity index (χ4v) is 3.20. The highest BCUT2D eigenvalue weighted by atomic mass is 16.5. The van der Waals surface area contributed by atoms with E-state index in [0.29, 0.717) is 39.1 Å². The van der Waals surface area contributed by atoms with E-state index in [1.807, 2.05) is 24.3 Å². The van der Waals surface area contributed by atoms with E-state index in [1.54, 1.807) is 11.9 Å². The van der Waals surface area contributed by atoms with E-state index in [2.05, 4.69) is 5.32 Å². The van der Waals surface area contributed by atoms with Gasteiger partial charge in [0, 0.05) is 51.9 Å². The van der Waals surface area contributed by atoms with Crippen LogP contribution in [0.2, 0.25) is 0 Å². The molecule has 1 saturated heterocycles. The molecule has 1 fully saturated rings. The van der Waals surface area contributed by atoms with Gasteiger partial charge in [-0.25, -0.2) is 0 Å². The molecule has 1 unspecified atom stereocenters. The molecule has 0 radical (unpaired) electrons. The molecule has 114 valence electrons. The van der Waals surface area contributed by atoms with Gasteiger partial charge in [-0.1, -0.05) is 18.2 Å². The average Bonchev–Trinajstić information content (AvgIpc) is 2.90. The molecule has 21 heavy (non-hydrogen) atoms. The lowest BCUT2D eigenvalue weighted by atomic mass is 9.93. The molecule has 2 aliphatic heterocycles. The summed E-state index contributed by atoms with van der Waals surface area (Å²) in [6.07, 6.45) is 1.17. The monoisotopic (exact) mass is 290 g/mol. The Balaban J connectivity index is 1.68. The molecule has 0 saturated carbocycles. The molecule has 1 aromatic rings. The van der Waals surface area contributed by atoms with Crippen LogP contribution in [0.4, 0.5) is 5.69 Å². The topological polar surface area (TPSA) is 61.8 Å². The third kappa shape index (κ3) is 2.89. The number of rotatable bonds is 3. The minimum atomic E-state index is -0.811. The Hall–Kier alpha value is -1.59. The first-order valence-corrected chi connectivity index (χ1v) is 7.47. The summed E-state index contributed by atoms with van der Waals surface area (Å²) in [4.78, 5) is 14.3. The molecule has 5 heteroatoms. The lowest BCUT2D eigenvalue weighted by molar-refractivity contribution is -0.137. The van der Waals surface area contributed by atoms with Crippen LogP contribution in [0.15, 0.2) is 24.3 Å². The van der Waals surface area contributed by atoms with E-state index in [9.17, 15) is 9.90 Å². The Kier molecular flexibility index (Phi) is 3.87. The number of aliphatic hydroxyl groups is 1. The van der Waals surface area contributed by atoms with Crippen molar-refractivity contribution >= 4 is 11.6 Å². The maximum atomic E-state index is 12.7. The van der Waals surface area contributed by atoms with Gasteiger partial charge in [0.1, 0.15) is 0 Å². The van der Waals surface area contributed by atoms with Crippen LogP contribution in [-0.2, 0) is 9.53 Å². The van der Waals surface area contributed by atoms with Gasteiger partial charge in [0.15, 0.2) is 0 Å². The number of likely N-dealkylation sites (N-methyl/N-ethyl adjacent to an activating group) is 1. The van der Waals surface area contributed by atoms with Gasteiger partial charge < -0.3 is 20.1 Å². The van der Waals surface area contributed by atoms with E-state index in [-0.39, 0.29) is 11.8 Å². The van der Waals surface area contributed by atoms with Gasteiger partial charge in [-0.2, -0.15) is 0 Å². The van der Waals surface area contributed by atoms with E-state index in [0.717, 1.165) is 11.3 Å². The Morgan fingerprint density at radius 1 is 1.43 bits per heavy atom. The number of benzene rings is 1. The first-order chi connectivity index (χ1) is 10.1. The molecule has 2 N–H and O–H groups in total. The number of hydrogen-bond donors (Lipinski definition) is 2. The molecule has 5 nitrogen and oxygen atoms in total. The third-order valence-electron chi connectivity index (χ3n) is 4.46. The number of nitrogens with one attached hydrogen (secondary N) is 1. The molecule has 0 aromatic heterocycles. The van der Waals surface area contributed by atoms with Crippen LogP contribution < -0.4 is 5.32 Å². The maximum Gasteiger partial charge on any atom is 0.231 e. The van der Waals surface area contributed by atoms with E-state index in [1.165, 1.54) is 0 Å². The zero-order chi connectivity index (χ0) is 14.9. The van der Waals surface area contributed by atoms with E-state index >= 15 is 0 Å². The van der Waals surface area contributed by atoms with Crippen LogP contribution in [0.1, 0.15) is 24.3 Å². The maximum absolute atomic E-state index is 12.7. The van der Waals surface area contributed by atoms with Crippen LogP contribution in [0.5, 0.6) is 0 Å². The SMILES string of the molecule is CN(CC1(O)CCOCC1)C(=O)C1CNc2ccccc21. The number of anilines is 1. The number of nitrogens with zero attached hydrogens (tertiary/aromatic N) is 1. The van der Waals surface area contributed by atoms with Crippen molar-refractivity contribution in [3.05, 3.63) is 29.8 Å². The highest BCUT2D eigenvalue weighted by Gasteiger charge is 2.36. The Labute approximate surface area is 124 Å². The van der Waals surface area contributed by atoms with E-state index in [4.69, 9.17) is 4.74 Å². The number of hydrogen-bond acceptors (Lipinski definition) is 4. The Morgan fingerprint density at radius 3 is 2.90 bits per heavy atom. The van der Waals surface area contributed by atoms with Gasteiger partial charge in [-0.3, -0.25) is 4.79 Å². The standard InChI is InChI=1S/C16H22N2O3/c1-18(11-16(20)6-8-21-9-7-16)15(19)13-10-17-14-5-3-2-4-12(13)14/h2-5,13,17,20H,6-11H2,1H3. The quantitative estimate of drug-likeness (QED) is 0.878. The molecule has 1 amide bonds. The van der Waals surface area contributed by atoms with Crippen molar-refractivity contribution in [2.24, 2.45) is 0 Å². The molecule has 0 bridgehead atoms. The molecule has 1 aromatic carbocycles. The summed E-state index contributed by atoms with van der Waals surface area (Å²) in [7, 11) is 1.77. The largest absolute Gasteiger partial charge is 0.388 e. The zero-order valence-corrected chi connectivity index (χ0v) is 12.3. The van der Waals surface area contributed by atoms with Crippen molar-refractivity contribution in [1.29, 1.82) is 0 Å². The summed E-state index contributed by atoms with van der Waals surface area (Å²) < 4.78 is 5.28. The fraction of sp³-hybridized carbons (Fsp3) is 0.562. The predicted octanol–water partition coefficient (Wildman–Crippen LogP) is 1.20. The number of amides is 1. The van der Waals surface area contributed by atoms with Crippen molar-refractivity contribution < 1.29 is 14.6 Å². The minimum Gasteiger partial charge on any atom is -0.388 e. The highest BCUT2D eigenvalue weighted by molar-refractivity contribution is 5.88. The molecule has 1 atom stereocenters. The van der Waals surface area contributed by atoms with Crippen molar-refractivity contribution in [3.63, 3.8) is 0 Å². The van der Waals surface area contributed by atoms with Gasteiger partial charge in [0.2, 0.25) is 5.91 Å². The summed E-state index contributed by atoms with van der Waals surface area (Å²) in [5.41, 5.74) is 1.27. The van der Waals surface area contributed by atoms with E-state index < -0.39 is 5.60 Å². The lowest BCUT2D eigenvalue weighted by Gasteiger charge is -2.36. The summed E-state index contributed by atoms with van der Waals surface area (Å²) in [5.74, 6) is -0.0954. The molecule has 2 aliphatic rings. The van der Waals surface area contributed by atoms with Crippen LogP contribution in [-0.4, -0.2) is 54.9 Å². The first-order valence-electron chi connectivity index (χ1n) is 7.47. The number of para-hydroxylation sites is 1. The average molecular weight is 290 g/mol. The smallest absolute Gasteiger partial charge is 0.231 e. The van der Waals surface area contributed by atoms with Crippen LogP contribution in [0.3, 0.4) is 0 Å². The van der Waals surface area contributed by atoms with Gasteiger partial charge in [0.05, 0.1) is 11.5 Å². The third-order valence-corrected chi connectivity index (χ3v) is 4.46. The number of ether oxygens (including phenoxy) is 1. The van der Waals surface area contributed by atoms with Gasteiger partial charge in [0.25, 0.3) is 0 Å². The fourth-order valence-electron chi connectivity index (χ4n) is 3.20. The molecule has 0 aliphatic carbocycles. The lowest BCUT2D eigenvalue weighted by Crippen LogP contribution is -2.48. The van der Waals surface area contributed by atoms with Gasteiger partial charge in [-0.05, 0) is 11.6 Å². The van der Waals surface area contributed by atoms with Crippen molar-refractivity contribution in [3.8, 4) is 0 Å². The second-order valence-corrected chi connectivity index (χ2v) is 6.05. The normalized spacial score (nSPS) is 23.2. The van der Waals surface area contributed by atoms with Crippen molar-refractivity contribution in [2.75, 3.05) is 38.7 Å². The summed E-state index contributed by atoms with van der Waals surface area (Å²) >= 11 is 0. The minimum absolute atomic E-state index is 0.0624. The number of carbonyl (C=O) groups is 1. The molecular formula is C16H22N2O3. The highest BCUT2D eigenvalue weighted by Crippen LogP contribution is 2.32. The number of carbonyl (C=O) groups excluding carboxylic acids is 1.